The number of Topliss-reactive ketones (excluding diaryl/α,β-unsaturated/α-hetero) is 1. The lowest BCUT2D eigenvalue weighted by Crippen LogP contribution is -2.61. The fraction of sp³-hybridized carbons (Fsp3) is 0.551. The summed E-state index contributed by atoms with van der Waals surface area (Å²) in [7, 11) is -4.29. The predicted molar refractivity (Wildman–Crippen MR) is 243 cm³/mol. The molecule has 2 saturated heterocycles. The fourth-order valence-corrected chi connectivity index (χ4v) is 13.6. The molecule has 2 aromatic carbocycles. The normalized spacial score (nSPS) is 25.6. The molecule has 4 heterocycles. The molecule has 6 fully saturated rings. The highest BCUT2D eigenvalue weighted by Crippen LogP contribution is 2.77. The first-order valence-corrected chi connectivity index (χ1v) is 24.5. The number of ketones is 1. The van der Waals surface area contributed by atoms with Crippen LogP contribution in [0, 0.1) is 37.7 Å². The number of fused-ring (bicyclic) bond motifs is 1. The topological polar surface area (TPSA) is 160 Å². The Morgan fingerprint density at radius 3 is 2.49 bits per heavy atom. The average Bonchev–Trinajstić information content (AvgIpc) is 3.70. The van der Waals surface area contributed by atoms with Gasteiger partial charge in [0.15, 0.2) is 15.6 Å². The Hall–Kier alpha value is -4.79. The Morgan fingerprint density at radius 1 is 1.00 bits per heavy atom. The molecule has 63 heavy (non-hydrogen) atoms. The summed E-state index contributed by atoms with van der Waals surface area (Å²) in [6, 6.07) is 12.9. The Bertz CT molecular complexity index is 2580. The number of ether oxygens (including phenoxy) is 2. The molecule has 2 N–H and O–H groups in total. The molecule has 334 valence electrons. The Labute approximate surface area is 370 Å². The molecule has 13 nitrogen and oxygen atoms in total. The average molecular weight is 877 g/mol. The van der Waals surface area contributed by atoms with Crippen LogP contribution >= 0.6 is 0 Å². The molecule has 14 heteroatoms. The van der Waals surface area contributed by atoms with Gasteiger partial charge in [0.05, 0.1) is 21.6 Å². The number of benzene rings is 2. The maximum absolute atomic E-state index is 14.1. The number of sulfone groups is 1. The zero-order valence-corrected chi connectivity index (χ0v) is 37.7. The van der Waals surface area contributed by atoms with Gasteiger partial charge in [-0.2, -0.15) is 0 Å². The largest absolute Gasteiger partial charge is 0.455 e. The summed E-state index contributed by atoms with van der Waals surface area (Å²) in [5.41, 5.74) is 6.77. The van der Waals surface area contributed by atoms with Crippen LogP contribution in [0.4, 0.5) is 17.1 Å². The lowest BCUT2D eigenvalue weighted by atomic mass is 9.33. The van der Waals surface area contributed by atoms with Crippen LogP contribution in [0.3, 0.4) is 0 Å². The predicted octanol–water partition coefficient (Wildman–Crippen LogP) is 9.36. The van der Waals surface area contributed by atoms with Crippen molar-refractivity contribution in [3.05, 3.63) is 87.7 Å². The zero-order chi connectivity index (χ0) is 43.8. The highest BCUT2D eigenvalue weighted by molar-refractivity contribution is 7.92. The minimum atomic E-state index is -4.29. The van der Waals surface area contributed by atoms with E-state index in [1.807, 2.05) is 24.3 Å². The van der Waals surface area contributed by atoms with E-state index in [9.17, 15) is 23.3 Å². The van der Waals surface area contributed by atoms with Gasteiger partial charge in [-0.25, -0.2) is 13.4 Å². The van der Waals surface area contributed by atoms with Crippen molar-refractivity contribution in [1.29, 1.82) is 0 Å². The van der Waals surface area contributed by atoms with Gasteiger partial charge in [0.2, 0.25) is 0 Å². The molecule has 2 bridgehead atoms. The van der Waals surface area contributed by atoms with Crippen LogP contribution in [-0.2, 0) is 14.6 Å². The summed E-state index contributed by atoms with van der Waals surface area (Å²) in [6.07, 6.45) is 15.3. The van der Waals surface area contributed by atoms with Crippen LogP contribution in [0.15, 0.2) is 77.0 Å². The van der Waals surface area contributed by atoms with E-state index >= 15 is 0 Å². The first-order valence-electron chi connectivity index (χ1n) is 22.9. The molecule has 0 amide bonds. The molecule has 0 radical (unpaired) electrons. The molecule has 11 rings (SSSR count). The third kappa shape index (κ3) is 8.27. The number of carbonyl (C=O) groups is 1. The summed E-state index contributed by atoms with van der Waals surface area (Å²) in [5, 5.41) is 16.3. The molecule has 0 unspecified atom stereocenters. The van der Waals surface area contributed by atoms with Crippen molar-refractivity contribution in [1.82, 2.24) is 14.9 Å². The number of H-pyrrole nitrogens is 1. The second-order valence-electron chi connectivity index (χ2n) is 21.1. The van der Waals surface area contributed by atoms with E-state index in [1.165, 1.54) is 50.7 Å². The standard InChI is InChI=1S/C49H60N6O7S/c1-46(2)10-8-35(40(25-46)49-30-47(3,31-49)32-49)28-53-14-16-54(17-15-53)36-4-6-39(44(21-36)62-37-20-34-9-13-50-45(34)52-27-37)43(56)29-63(59,60)38-5-7-41(42(22-38)55(57)58)51-26-33-23-48(24-33)11-18-61-19-12-48/h4-7,9,13,20-22,27,33,51H,8,10-12,14-19,23-26,28-32H2,1-3H3,(H,50,52). The van der Waals surface area contributed by atoms with Gasteiger partial charge in [-0.1, -0.05) is 31.9 Å². The molecule has 5 aliphatic carbocycles. The number of nitro groups is 1. The maximum atomic E-state index is 14.1. The van der Waals surface area contributed by atoms with Crippen LogP contribution in [0.5, 0.6) is 11.5 Å². The Balaban J connectivity index is 0.842. The van der Waals surface area contributed by atoms with E-state index in [-0.39, 0.29) is 27.6 Å². The van der Waals surface area contributed by atoms with E-state index in [0.29, 0.717) is 45.5 Å². The van der Waals surface area contributed by atoms with Crippen molar-refractivity contribution < 1.29 is 27.6 Å². The molecular weight excluding hydrogens is 817 g/mol. The van der Waals surface area contributed by atoms with Crippen molar-refractivity contribution in [2.75, 3.05) is 68.5 Å². The third-order valence-electron chi connectivity index (χ3n) is 15.6. The first kappa shape index (κ1) is 42.2. The number of hydrogen-bond donors (Lipinski definition) is 2. The van der Waals surface area contributed by atoms with Gasteiger partial charge < -0.3 is 24.7 Å². The SMILES string of the molecule is CC1(C)CCC(CN2CCN(c3ccc(C(=O)CS(=O)(=O)c4ccc(NCC5CC6(CCOCC6)C5)c([N+](=O)[O-])c4)c(Oc4cnc5[nH]ccc5c4)c3)CC2)=C(C23CC(C)(C2)C3)C1. The van der Waals surface area contributed by atoms with E-state index in [0.717, 1.165) is 88.8 Å². The van der Waals surface area contributed by atoms with Crippen LogP contribution < -0.4 is 15.0 Å². The first-order chi connectivity index (χ1) is 30.1. The van der Waals surface area contributed by atoms with Gasteiger partial charge in [0.25, 0.3) is 5.69 Å². The minimum Gasteiger partial charge on any atom is -0.455 e. The minimum absolute atomic E-state index is 0.105. The van der Waals surface area contributed by atoms with Crippen LogP contribution in [0.1, 0.15) is 95.3 Å². The highest BCUT2D eigenvalue weighted by Gasteiger charge is 2.66. The third-order valence-corrected chi connectivity index (χ3v) is 17.2. The van der Waals surface area contributed by atoms with Crippen molar-refractivity contribution in [2.45, 2.75) is 89.9 Å². The van der Waals surface area contributed by atoms with Crippen molar-refractivity contribution in [2.24, 2.45) is 27.6 Å². The van der Waals surface area contributed by atoms with Crippen molar-refractivity contribution >= 4 is 43.7 Å². The van der Waals surface area contributed by atoms with Gasteiger partial charge in [-0.15, -0.1) is 0 Å². The van der Waals surface area contributed by atoms with Crippen LogP contribution in [-0.4, -0.2) is 92.2 Å². The molecule has 0 atom stereocenters. The highest BCUT2D eigenvalue weighted by atomic mass is 32.2. The number of pyridine rings is 1. The number of hydrogen-bond acceptors (Lipinski definition) is 11. The fourth-order valence-electron chi connectivity index (χ4n) is 12.4. The summed E-state index contributed by atoms with van der Waals surface area (Å²) in [4.78, 5) is 37.9. The number of piperazine rings is 1. The number of nitrogens with zero attached hydrogens (tertiary/aromatic N) is 4. The smallest absolute Gasteiger partial charge is 0.293 e. The molecule has 1 spiro atoms. The molecule has 2 aromatic heterocycles. The van der Waals surface area contributed by atoms with E-state index in [2.05, 4.69) is 45.9 Å². The number of rotatable bonds is 14. The zero-order valence-electron chi connectivity index (χ0n) is 36.8. The van der Waals surface area contributed by atoms with Gasteiger partial charge in [-0.05, 0) is 128 Å². The van der Waals surface area contributed by atoms with Gasteiger partial charge in [-0.3, -0.25) is 19.8 Å². The summed E-state index contributed by atoms with van der Waals surface area (Å²) in [5.74, 6) is -0.548. The number of allylic oxidation sites excluding steroid dienone is 1. The second kappa shape index (κ2) is 15.7. The van der Waals surface area contributed by atoms with E-state index in [4.69, 9.17) is 9.47 Å². The van der Waals surface area contributed by atoms with Crippen molar-refractivity contribution in [3.63, 3.8) is 0 Å². The Kier molecular flexibility index (Phi) is 10.5. The number of anilines is 2. The summed E-state index contributed by atoms with van der Waals surface area (Å²) in [6.45, 7) is 13.9. The molecule has 2 aliphatic heterocycles. The lowest BCUT2D eigenvalue weighted by molar-refractivity contribution is -0.384. The molecule has 4 aromatic rings. The maximum Gasteiger partial charge on any atom is 0.293 e. The second-order valence-corrected chi connectivity index (χ2v) is 23.1. The van der Waals surface area contributed by atoms with E-state index in [1.54, 1.807) is 29.6 Å². The summed E-state index contributed by atoms with van der Waals surface area (Å²) >= 11 is 0. The number of aromatic nitrogens is 2. The Morgan fingerprint density at radius 2 is 1.76 bits per heavy atom. The molecular formula is C49H60N6O7S. The number of nitrogens with one attached hydrogen (secondary N) is 2. The monoisotopic (exact) mass is 876 g/mol. The number of carbonyl (C=O) groups excluding carboxylic acids is 1. The van der Waals surface area contributed by atoms with Gasteiger partial charge in [0, 0.05) is 81.9 Å². The van der Waals surface area contributed by atoms with Crippen molar-refractivity contribution in [3.8, 4) is 11.5 Å². The van der Waals surface area contributed by atoms with Crippen LogP contribution in [0.2, 0.25) is 0 Å². The lowest BCUT2D eigenvalue weighted by Gasteiger charge is -2.72. The molecule has 4 saturated carbocycles. The summed E-state index contributed by atoms with van der Waals surface area (Å²) < 4.78 is 39.7. The molecule has 7 aliphatic rings. The number of aromatic amines is 1. The van der Waals surface area contributed by atoms with Gasteiger partial charge in [0.1, 0.15) is 28.6 Å². The van der Waals surface area contributed by atoms with Crippen LogP contribution in [0.25, 0.3) is 11.0 Å². The quantitative estimate of drug-likeness (QED) is 0.0538. The van der Waals surface area contributed by atoms with E-state index < -0.39 is 26.3 Å². The van der Waals surface area contributed by atoms with Gasteiger partial charge >= 0.3 is 0 Å². The number of nitro benzene ring substituents is 1.